The average Bonchev–Trinajstić information content (AvgIpc) is 3.32. The smallest absolute Gasteiger partial charge is 0.150 e. The van der Waals surface area contributed by atoms with Crippen LogP contribution in [-0.4, -0.2) is 0 Å². The van der Waals surface area contributed by atoms with E-state index in [1.54, 1.807) is 0 Å². The molecule has 2 aromatic heterocycles. The first-order chi connectivity index (χ1) is 13.1. The molecule has 0 aliphatic rings. The highest BCUT2D eigenvalue weighted by molar-refractivity contribution is 7.78. The third kappa shape index (κ3) is 3.84. The SMILES string of the molecule is Cc1ccc(Cc2ccc(CP(=O)(c3ccccc3)c3ccccc3)o2)o1. The van der Waals surface area contributed by atoms with Gasteiger partial charge in [-0.3, -0.25) is 0 Å². The van der Waals surface area contributed by atoms with Crippen molar-refractivity contribution in [1.82, 2.24) is 0 Å². The lowest BCUT2D eigenvalue weighted by Gasteiger charge is -2.18. The lowest BCUT2D eigenvalue weighted by atomic mass is 10.3. The molecule has 0 aliphatic heterocycles. The third-order valence-corrected chi connectivity index (χ3v) is 7.61. The van der Waals surface area contributed by atoms with Gasteiger partial charge in [0.05, 0.1) is 12.6 Å². The fourth-order valence-electron chi connectivity index (χ4n) is 3.24. The zero-order chi connectivity index (χ0) is 18.7. The van der Waals surface area contributed by atoms with Crippen molar-refractivity contribution < 1.29 is 13.4 Å². The maximum Gasteiger partial charge on any atom is 0.150 e. The van der Waals surface area contributed by atoms with Gasteiger partial charge in [0.1, 0.15) is 23.0 Å². The molecular formula is C23H21O3P. The quantitative estimate of drug-likeness (QED) is 0.430. The molecule has 2 heterocycles. The van der Waals surface area contributed by atoms with Crippen molar-refractivity contribution >= 4 is 17.8 Å². The van der Waals surface area contributed by atoms with Crippen molar-refractivity contribution in [2.75, 3.05) is 0 Å². The molecule has 0 aliphatic carbocycles. The minimum Gasteiger partial charge on any atom is -0.466 e. The largest absolute Gasteiger partial charge is 0.466 e. The molecule has 0 fully saturated rings. The van der Waals surface area contributed by atoms with Gasteiger partial charge in [0, 0.05) is 10.6 Å². The molecule has 0 saturated carbocycles. The van der Waals surface area contributed by atoms with Crippen LogP contribution < -0.4 is 10.6 Å². The Labute approximate surface area is 159 Å². The molecule has 0 amide bonds. The number of rotatable bonds is 6. The van der Waals surface area contributed by atoms with Crippen molar-refractivity contribution in [3.63, 3.8) is 0 Å². The van der Waals surface area contributed by atoms with Crippen LogP contribution in [0.3, 0.4) is 0 Å². The van der Waals surface area contributed by atoms with Crippen LogP contribution in [0.2, 0.25) is 0 Å². The van der Waals surface area contributed by atoms with E-state index in [1.807, 2.05) is 91.9 Å². The van der Waals surface area contributed by atoms with Gasteiger partial charge in [-0.2, -0.15) is 0 Å². The van der Waals surface area contributed by atoms with Crippen LogP contribution in [0.25, 0.3) is 0 Å². The zero-order valence-electron chi connectivity index (χ0n) is 15.2. The molecule has 0 saturated heterocycles. The Morgan fingerprint density at radius 1 is 0.667 bits per heavy atom. The summed E-state index contributed by atoms with van der Waals surface area (Å²) in [7, 11) is -2.83. The summed E-state index contributed by atoms with van der Waals surface area (Å²) in [5.41, 5.74) is 0. The van der Waals surface area contributed by atoms with Gasteiger partial charge in [-0.25, -0.2) is 0 Å². The Hall–Kier alpha value is -2.77. The van der Waals surface area contributed by atoms with Crippen LogP contribution in [-0.2, 0) is 17.1 Å². The minimum absolute atomic E-state index is 0.359. The molecule has 27 heavy (non-hydrogen) atoms. The summed E-state index contributed by atoms with van der Waals surface area (Å²) in [6, 6.07) is 27.1. The van der Waals surface area contributed by atoms with Crippen LogP contribution in [0.15, 0.2) is 93.8 Å². The van der Waals surface area contributed by atoms with E-state index in [4.69, 9.17) is 8.83 Å². The van der Waals surface area contributed by atoms with E-state index in [0.29, 0.717) is 12.6 Å². The zero-order valence-corrected chi connectivity index (χ0v) is 16.1. The number of hydrogen-bond donors (Lipinski definition) is 0. The molecule has 3 nitrogen and oxygen atoms in total. The summed E-state index contributed by atoms with van der Waals surface area (Å²) in [5.74, 6) is 3.29. The minimum atomic E-state index is -2.83. The average molecular weight is 376 g/mol. The number of benzene rings is 2. The summed E-state index contributed by atoms with van der Waals surface area (Å²) in [6.07, 6.45) is 0.951. The third-order valence-electron chi connectivity index (χ3n) is 4.59. The predicted octanol–water partition coefficient (Wildman–Crippen LogP) is 5.29. The number of furan rings is 2. The molecule has 2 aromatic carbocycles. The molecule has 0 N–H and O–H groups in total. The predicted molar refractivity (Wildman–Crippen MR) is 108 cm³/mol. The molecular weight excluding hydrogens is 355 g/mol. The van der Waals surface area contributed by atoms with E-state index < -0.39 is 7.14 Å². The van der Waals surface area contributed by atoms with E-state index >= 15 is 0 Å². The molecule has 4 aromatic rings. The van der Waals surface area contributed by atoms with Gasteiger partial charge in [0.15, 0.2) is 7.14 Å². The highest BCUT2D eigenvalue weighted by Gasteiger charge is 2.28. The van der Waals surface area contributed by atoms with Crippen molar-refractivity contribution in [1.29, 1.82) is 0 Å². The first-order valence-electron chi connectivity index (χ1n) is 8.97. The van der Waals surface area contributed by atoms with Crippen molar-refractivity contribution in [2.24, 2.45) is 0 Å². The summed E-state index contributed by atoms with van der Waals surface area (Å²) in [6.45, 7) is 1.92. The summed E-state index contributed by atoms with van der Waals surface area (Å²) in [5, 5.41) is 1.69. The van der Waals surface area contributed by atoms with Gasteiger partial charge in [0.2, 0.25) is 0 Å². The van der Waals surface area contributed by atoms with Crippen molar-refractivity contribution in [3.8, 4) is 0 Å². The molecule has 4 heteroatoms. The summed E-state index contributed by atoms with van der Waals surface area (Å²) in [4.78, 5) is 0. The Bertz CT molecular complexity index is 1020. The summed E-state index contributed by atoms with van der Waals surface area (Å²) < 4.78 is 25.7. The maximum absolute atomic E-state index is 14.1. The number of aryl methyl sites for hydroxylation is 1. The second kappa shape index (κ2) is 7.46. The normalized spacial score (nSPS) is 11.6. The molecule has 0 unspecified atom stereocenters. The molecule has 0 bridgehead atoms. The van der Waals surface area contributed by atoms with Crippen LogP contribution >= 0.6 is 7.14 Å². The monoisotopic (exact) mass is 376 g/mol. The molecule has 0 radical (unpaired) electrons. The second-order valence-corrected chi connectivity index (χ2v) is 9.45. The Kier molecular flexibility index (Phi) is 4.87. The Balaban J connectivity index is 1.64. The van der Waals surface area contributed by atoms with E-state index in [-0.39, 0.29) is 0 Å². The number of hydrogen-bond acceptors (Lipinski definition) is 3. The Morgan fingerprint density at radius 3 is 1.74 bits per heavy atom. The Morgan fingerprint density at radius 2 is 1.19 bits per heavy atom. The molecule has 0 atom stereocenters. The van der Waals surface area contributed by atoms with Gasteiger partial charge < -0.3 is 13.4 Å². The first-order valence-corrected chi connectivity index (χ1v) is 10.9. The highest BCUT2D eigenvalue weighted by Crippen LogP contribution is 2.47. The van der Waals surface area contributed by atoms with Crippen molar-refractivity contribution in [2.45, 2.75) is 19.5 Å². The fourth-order valence-corrected chi connectivity index (χ4v) is 5.82. The fraction of sp³-hybridized carbons (Fsp3) is 0.130. The highest BCUT2D eigenvalue weighted by atomic mass is 31.2. The van der Waals surface area contributed by atoms with Gasteiger partial charge in [-0.05, 0) is 31.2 Å². The van der Waals surface area contributed by atoms with E-state index in [1.165, 1.54) is 0 Å². The molecule has 4 rings (SSSR count). The van der Waals surface area contributed by atoms with Crippen molar-refractivity contribution in [3.05, 3.63) is 108 Å². The van der Waals surface area contributed by atoms with E-state index in [0.717, 1.165) is 33.7 Å². The van der Waals surface area contributed by atoms with Crippen LogP contribution in [0, 0.1) is 6.92 Å². The lowest BCUT2D eigenvalue weighted by molar-refractivity contribution is 0.448. The van der Waals surface area contributed by atoms with Gasteiger partial charge in [0.25, 0.3) is 0 Å². The van der Waals surface area contributed by atoms with Crippen LogP contribution in [0.1, 0.15) is 23.0 Å². The topological polar surface area (TPSA) is 43.4 Å². The first kappa shape index (κ1) is 17.6. The molecule has 136 valence electrons. The lowest BCUT2D eigenvalue weighted by Crippen LogP contribution is -2.17. The maximum atomic E-state index is 14.1. The van der Waals surface area contributed by atoms with Gasteiger partial charge in [-0.1, -0.05) is 60.7 Å². The van der Waals surface area contributed by atoms with E-state index in [9.17, 15) is 4.57 Å². The second-order valence-electron chi connectivity index (χ2n) is 6.63. The standard InChI is InChI=1S/C23H21O3P/c1-18-12-13-19(25-18)16-20-14-15-21(26-20)17-27(24,22-8-4-2-5-9-22)23-10-6-3-7-11-23/h2-15H,16-17H2,1H3. The van der Waals surface area contributed by atoms with Crippen LogP contribution in [0.5, 0.6) is 0 Å². The van der Waals surface area contributed by atoms with Gasteiger partial charge >= 0.3 is 0 Å². The molecule has 0 spiro atoms. The summed E-state index contributed by atoms with van der Waals surface area (Å²) >= 11 is 0. The van der Waals surface area contributed by atoms with Gasteiger partial charge in [-0.15, -0.1) is 0 Å². The van der Waals surface area contributed by atoms with Crippen LogP contribution in [0.4, 0.5) is 0 Å². The van der Waals surface area contributed by atoms with E-state index in [2.05, 4.69) is 0 Å².